The fourth-order valence-electron chi connectivity index (χ4n) is 3.47. The zero-order valence-corrected chi connectivity index (χ0v) is 16.8. The van der Waals surface area contributed by atoms with Crippen molar-refractivity contribution in [1.29, 1.82) is 0 Å². The molecule has 0 aliphatic heterocycles. The SMILES string of the molecule is COc1ccc(S(=O)(=O)Oc2ccc(C)c3c2C(=O)CC3C)cc1NC(C)=O. The van der Waals surface area contributed by atoms with Gasteiger partial charge in [-0.1, -0.05) is 13.0 Å². The van der Waals surface area contributed by atoms with E-state index in [1.807, 2.05) is 13.8 Å². The summed E-state index contributed by atoms with van der Waals surface area (Å²) in [5.74, 6) is -0.155. The molecule has 2 aromatic rings. The number of ketones is 1. The maximum absolute atomic E-state index is 12.8. The van der Waals surface area contributed by atoms with E-state index in [-0.39, 0.29) is 33.9 Å². The number of Topliss-reactive ketones (excluding diaryl/α,β-unsaturated/α-hetero) is 1. The molecule has 7 nitrogen and oxygen atoms in total. The summed E-state index contributed by atoms with van der Waals surface area (Å²) in [6.45, 7) is 5.12. The quantitative estimate of drug-likeness (QED) is 0.768. The van der Waals surface area contributed by atoms with Crippen LogP contribution in [-0.2, 0) is 14.9 Å². The van der Waals surface area contributed by atoms with Crippen molar-refractivity contribution < 1.29 is 26.9 Å². The number of methoxy groups -OCH3 is 1. The highest BCUT2D eigenvalue weighted by Crippen LogP contribution is 2.41. The van der Waals surface area contributed by atoms with E-state index in [0.29, 0.717) is 17.7 Å². The van der Waals surface area contributed by atoms with Crippen LogP contribution in [0.2, 0.25) is 0 Å². The third-order valence-electron chi connectivity index (χ3n) is 4.66. The van der Waals surface area contributed by atoms with E-state index < -0.39 is 10.1 Å². The Morgan fingerprint density at radius 2 is 1.86 bits per heavy atom. The van der Waals surface area contributed by atoms with Crippen molar-refractivity contribution in [3.63, 3.8) is 0 Å². The van der Waals surface area contributed by atoms with E-state index in [1.54, 1.807) is 6.07 Å². The van der Waals surface area contributed by atoms with Crippen LogP contribution in [-0.4, -0.2) is 27.2 Å². The molecule has 2 aromatic carbocycles. The topological polar surface area (TPSA) is 98.8 Å². The molecule has 1 unspecified atom stereocenters. The number of nitrogens with one attached hydrogen (secondary N) is 1. The Bertz CT molecular complexity index is 1070. The average Bonchev–Trinajstić information content (AvgIpc) is 2.92. The Labute approximate surface area is 163 Å². The Morgan fingerprint density at radius 3 is 2.50 bits per heavy atom. The van der Waals surface area contributed by atoms with Gasteiger partial charge < -0.3 is 14.2 Å². The standard InChI is InChI=1S/C20H21NO6S/c1-11-5-7-18(20-16(23)9-12(2)19(11)20)27-28(24,25)14-6-8-17(26-4)15(10-14)21-13(3)22/h5-8,10,12H,9H2,1-4H3,(H,21,22). The van der Waals surface area contributed by atoms with Gasteiger partial charge in [-0.2, -0.15) is 8.42 Å². The van der Waals surface area contributed by atoms with Gasteiger partial charge in [-0.15, -0.1) is 0 Å². The average molecular weight is 403 g/mol. The van der Waals surface area contributed by atoms with Gasteiger partial charge in [0.25, 0.3) is 0 Å². The number of carbonyl (C=O) groups is 2. The lowest BCUT2D eigenvalue weighted by molar-refractivity contribution is -0.114. The van der Waals surface area contributed by atoms with Crippen molar-refractivity contribution in [3.8, 4) is 11.5 Å². The molecule has 0 saturated carbocycles. The lowest BCUT2D eigenvalue weighted by Gasteiger charge is -2.14. The van der Waals surface area contributed by atoms with Crippen LogP contribution >= 0.6 is 0 Å². The van der Waals surface area contributed by atoms with E-state index in [0.717, 1.165) is 11.1 Å². The number of carbonyl (C=O) groups excluding carboxylic acids is 2. The molecule has 148 valence electrons. The number of hydrogen-bond acceptors (Lipinski definition) is 6. The number of benzene rings is 2. The first-order valence-electron chi connectivity index (χ1n) is 8.71. The molecule has 28 heavy (non-hydrogen) atoms. The van der Waals surface area contributed by atoms with Crippen molar-refractivity contribution in [1.82, 2.24) is 0 Å². The summed E-state index contributed by atoms with van der Waals surface area (Å²) in [6.07, 6.45) is 0.325. The second-order valence-electron chi connectivity index (χ2n) is 6.78. The largest absolute Gasteiger partial charge is 0.495 e. The predicted octanol–water partition coefficient (Wildman–Crippen LogP) is 3.42. The van der Waals surface area contributed by atoms with Crippen LogP contribution in [0.15, 0.2) is 35.2 Å². The maximum Gasteiger partial charge on any atom is 0.339 e. The van der Waals surface area contributed by atoms with Crippen molar-refractivity contribution in [2.45, 2.75) is 38.0 Å². The summed E-state index contributed by atoms with van der Waals surface area (Å²) in [6, 6.07) is 7.25. The van der Waals surface area contributed by atoms with Crippen LogP contribution in [0.25, 0.3) is 0 Å². The van der Waals surface area contributed by atoms with Crippen LogP contribution in [0.1, 0.15) is 47.7 Å². The Kier molecular flexibility index (Phi) is 5.16. The molecule has 8 heteroatoms. The molecule has 0 saturated heterocycles. The highest BCUT2D eigenvalue weighted by Gasteiger charge is 2.33. The van der Waals surface area contributed by atoms with Gasteiger partial charge in [0.15, 0.2) is 11.5 Å². The first-order valence-corrected chi connectivity index (χ1v) is 10.1. The molecular formula is C20H21NO6S. The molecule has 0 heterocycles. The number of hydrogen-bond donors (Lipinski definition) is 1. The van der Waals surface area contributed by atoms with Gasteiger partial charge in [0, 0.05) is 13.3 Å². The normalized spacial score (nSPS) is 15.9. The summed E-state index contributed by atoms with van der Waals surface area (Å²) in [5, 5.41) is 2.52. The minimum Gasteiger partial charge on any atom is -0.495 e. The summed E-state index contributed by atoms with van der Waals surface area (Å²) in [5.41, 5.74) is 2.28. The lowest BCUT2D eigenvalue weighted by atomic mass is 9.98. The molecule has 1 amide bonds. The van der Waals surface area contributed by atoms with E-state index in [2.05, 4.69) is 5.32 Å². The van der Waals surface area contributed by atoms with Gasteiger partial charge in [-0.05, 0) is 48.2 Å². The van der Waals surface area contributed by atoms with Gasteiger partial charge >= 0.3 is 10.1 Å². The number of rotatable bonds is 5. The molecule has 0 aromatic heterocycles. The maximum atomic E-state index is 12.8. The molecule has 3 rings (SSSR count). The van der Waals surface area contributed by atoms with Crippen LogP contribution in [0.3, 0.4) is 0 Å². The summed E-state index contributed by atoms with van der Waals surface area (Å²) < 4.78 is 36.1. The van der Waals surface area contributed by atoms with Gasteiger partial charge in [0.05, 0.1) is 18.4 Å². The van der Waals surface area contributed by atoms with Gasteiger partial charge in [-0.25, -0.2) is 0 Å². The number of ether oxygens (including phenoxy) is 1. The number of amides is 1. The minimum atomic E-state index is -4.23. The fourth-order valence-corrected chi connectivity index (χ4v) is 4.44. The molecule has 1 aliphatic carbocycles. The Hall–Kier alpha value is -2.87. The van der Waals surface area contributed by atoms with Crippen molar-refractivity contribution in [2.24, 2.45) is 0 Å². The fraction of sp³-hybridized carbons (Fsp3) is 0.300. The third kappa shape index (κ3) is 3.60. The van der Waals surface area contributed by atoms with E-state index >= 15 is 0 Å². The smallest absolute Gasteiger partial charge is 0.339 e. The first kappa shape index (κ1) is 19.9. The predicted molar refractivity (Wildman–Crippen MR) is 104 cm³/mol. The number of aryl methyl sites for hydroxylation is 1. The summed E-state index contributed by atoms with van der Waals surface area (Å²) in [7, 11) is -2.82. The Balaban J connectivity index is 2.02. The van der Waals surface area contributed by atoms with E-state index in [9.17, 15) is 18.0 Å². The van der Waals surface area contributed by atoms with Gasteiger partial charge in [0.2, 0.25) is 5.91 Å². The van der Waals surface area contributed by atoms with E-state index in [4.69, 9.17) is 8.92 Å². The third-order valence-corrected chi connectivity index (χ3v) is 5.89. The molecule has 1 atom stereocenters. The number of fused-ring (bicyclic) bond motifs is 1. The zero-order chi connectivity index (χ0) is 20.6. The monoisotopic (exact) mass is 403 g/mol. The van der Waals surface area contributed by atoms with Crippen LogP contribution in [0.5, 0.6) is 11.5 Å². The van der Waals surface area contributed by atoms with Crippen molar-refractivity contribution >= 4 is 27.5 Å². The first-order chi connectivity index (χ1) is 13.1. The summed E-state index contributed by atoms with van der Waals surface area (Å²) in [4.78, 5) is 23.6. The second-order valence-corrected chi connectivity index (χ2v) is 8.32. The number of anilines is 1. The minimum absolute atomic E-state index is 0.0149. The lowest BCUT2D eigenvalue weighted by Crippen LogP contribution is -2.14. The molecular weight excluding hydrogens is 382 g/mol. The zero-order valence-electron chi connectivity index (χ0n) is 16.0. The van der Waals surface area contributed by atoms with Crippen molar-refractivity contribution in [3.05, 3.63) is 47.0 Å². The van der Waals surface area contributed by atoms with Gasteiger partial charge in [-0.3, -0.25) is 9.59 Å². The van der Waals surface area contributed by atoms with Crippen molar-refractivity contribution in [2.75, 3.05) is 12.4 Å². The van der Waals surface area contributed by atoms with Crippen LogP contribution in [0, 0.1) is 6.92 Å². The molecule has 0 spiro atoms. The molecule has 1 N–H and O–H groups in total. The highest BCUT2D eigenvalue weighted by molar-refractivity contribution is 7.87. The van der Waals surface area contributed by atoms with Crippen LogP contribution < -0.4 is 14.2 Å². The Morgan fingerprint density at radius 1 is 1.18 bits per heavy atom. The molecule has 1 aliphatic rings. The molecule has 0 bridgehead atoms. The van der Waals surface area contributed by atoms with Gasteiger partial charge in [0.1, 0.15) is 10.6 Å². The highest BCUT2D eigenvalue weighted by atomic mass is 32.2. The molecule has 0 fully saturated rings. The molecule has 0 radical (unpaired) electrons. The van der Waals surface area contributed by atoms with E-state index in [1.165, 1.54) is 38.3 Å². The van der Waals surface area contributed by atoms with Crippen LogP contribution in [0.4, 0.5) is 5.69 Å². The second kappa shape index (κ2) is 7.27. The summed E-state index contributed by atoms with van der Waals surface area (Å²) >= 11 is 0.